The van der Waals surface area contributed by atoms with E-state index < -0.39 is 11.5 Å². The number of carboxylic acid groups (broad SMARTS) is 1. The van der Waals surface area contributed by atoms with Gasteiger partial charge in [-0.25, -0.2) is 4.79 Å². The average Bonchev–Trinajstić information content (AvgIpc) is 2.49. The molecule has 0 fully saturated rings. The largest absolute Gasteiger partial charge is 0.497 e. The van der Waals surface area contributed by atoms with Crippen LogP contribution in [0.3, 0.4) is 0 Å². The highest BCUT2D eigenvalue weighted by Gasteiger charge is 2.35. The summed E-state index contributed by atoms with van der Waals surface area (Å²) in [5, 5.41) is 12.7. The molecule has 0 saturated heterocycles. The van der Waals surface area contributed by atoms with E-state index in [1.54, 1.807) is 38.3 Å². The number of aliphatic carboxylic acids is 1. The van der Waals surface area contributed by atoms with Gasteiger partial charge in [-0.3, -0.25) is 0 Å². The van der Waals surface area contributed by atoms with E-state index in [2.05, 4.69) is 21.2 Å². The minimum Gasteiger partial charge on any atom is -0.497 e. The molecule has 0 heterocycles. The molecule has 2 aromatic rings. The van der Waals surface area contributed by atoms with E-state index >= 15 is 0 Å². The molecular formula is C16H16BrNO3. The van der Waals surface area contributed by atoms with E-state index in [0.717, 1.165) is 10.2 Å². The molecule has 0 spiro atoms. The Bertz CT molecular complexity index is 625. The molecule has 5 heteroatoms. The lowest BCUT2D eigenvalue weighted by atomic mass is 9.91. The highest BCUT2D eigenvalue weighted by Crippen LogP contribution is 2.28. The van der Waals surface area contributed by atoms with Gasteiger partial charge in [-0.15, -0.1) is 0 Å². The van der Waals surface area contributed by atoms with E-state index in [4.69, 9.17) is 4.74 Å². The van der Waals surface area contributed by atoms with Gasteiger partial charge in [0.05, 0.1) is 7.11 Å². The number of benzene rings is 2. The SMILES string of the molecule is COc1ccc(C(C)(Nc2ccc(Br)cc2)C(=O)O)cc1. The molecule has 2 N–H and O–H groups in total. The van der Waals surface area contributed by atoms with Crippen LogP contribution in [0.15, 0.2) is 53.0 Å². The minimum absolute atomic E-state index is 0.652. The third kappa shape index (κ3) is 3.36. The Kier molecular flexibility index (Phi) is 4.53. The monoisotopic (exact) mass is 349 g/mol. The van der Waals surface area contributed by atoms with Crippen molar-refractivity contribution in [3.63, 3.8) is 0 Å². The summed E-state index contributed by atoms with van der Waals surface area (Å²) in [5.74, 6) is -0.259. The number of hydrogen-bond donors (Lipinski definition) is 2. The molecule has 4 nitrogen and oxygen atoms in total. The average molecular weight is 350 g/mol. The van der Waals surface area contributed by atoms with Gasteiger partial charge in [0.15, 0.2) is 5.54 Å². The number of carboxylic acids is 1. The smallest absolute Gasteiger partial charge is 0.333 e. The fourth-order valence-electron chi connectivity index (χ4n) is 2.00. The lowest BCUT2D eigenvalue weighted by molar-refractivity contribution is -0.142. The molecule has 0 bridgehead atoms. The highest BCUT2D eigenvalue weighted by molar-refractivity contribution is 9.10. The van der Waals surface area contributed by atoms with Crippen molar-refractivity contribution < 1.29 is 14.6 Å². The van der Waals surface area contributed by atoms with Gasteiger partial charge in [0.2, 0.25) is 0 Å². The summed E-state index contributed by atoms with van der Waals surface area (Å²) in [6, 6.07) is 14.4. The maximum Gasteiger partial charge on any atom is 0.333 e. The van der Waals surface area contributed by atoms with E-state index in [1.807, 2.05) is 24.3 Å². The van der Waals surface area contributed by atoms with Crippen LogP contribution < -0.4 is 10.1 Å². The molecule has 0 aliphatic carbocycles. The second kappa shape index (κ2) is 6.18. The number of anilines is 1. The molecule has 0 aromatic heterocycles. The predicted octanol–water partition coefficient (Wildman–Crippen LogP) is 3.87. The van der Waals surface area contributed by atoms with Crippen molar-refractivity contribution in [1.82, 2.24) is 0 Å². The number of hydrogen-bond acceptors (Lipinski definition) is 3. The van der Waals surface area contributed by atoms with Gasteiger partial charge in [-0.1, -0.05) is 28.1 Å². The van der Waals surface area contributed by atoms with Crippen LogP contribution in [-0.4, -0.2) is 18.2 Å². The number of ether oxygens (including phenoxy) is 1. The Hall–Kier alpha value is -2.01. The molecule has 0 aliphatic heterocycles. The summed E-state index contributed by atoms with van der Waals surface area (Å²) in [7, 11) is 1.57. The number of nitrogens with one attached hydrogen (secondary N) is 1. The van der Waals surface area contributed by atoms with Gasteiger partial charge in [0.25, 0.3) is 0 Å². The van der Waals surface area contributed by atoms with Crippen LogP contribution in [0.1, 0.15) is 12.5 Å². The Morgan fingerprint density at radius 3 is 2.19 bits per heavy atom. The topological polar surface area (TPSA) is 58.6 Å². The molecule has 2 rings (SSSR count). The first kappa shape index (κ1) is 15.4. The summed E-state index contributed by atoms with van der Waals surface area (Å²) in [6.45, 7) is 1.64. The second-order valence-corrected chi connectivity index (χ2v) is 5.71. The van der Waals surface area contributed by atoms with Gasteiger partial charge in [0.1, 0.15) is 5.75 Å². The van der Waals surface area contributed by atoms with Crippen LogP contribution in [0.2, 0.25) is 0 Å². The van der Waals surface area contributed by atoms with Crippen molar-refractivity contribution >= 4 is 27.6 Å². The zero-order chi connectivity index (χ0) is 15.5. The van der Waals surface area contributed by atoms with Crippen molar-refractivity contribution in [3.8, 4) is 5.75 Å². The first-order valence-electron chi connectivity index (χ1n) is 6.37. The molecule has 0 aliphatic rings. The lowest BCUT2D eigenvalue weighted by Crippen LogP contribution is -2.40. The molecule has 110 valence electrons. The van der Waals surface area contributed by atoms with Crippen LogP contribution in [0.5, 0.6) is 5.75 Å². The standard InChI is InChI=1S/C16H16BrNO3/c1-16(15(19)20,11-3-9-14(21-2)10-4-11)18-13-7-5-12(17)6-8-13/h3-10,18H,1-2H3,(H,19,20). The summed E-state index contributed by atoms with van der Waals surface area (Å²) >= 11 is 3.36. The molecule has 0 radical (unpaired) electrons. The van der Waals surface area contributed by atoms with Crippen LogP contribution in [-0.2, 0) is 10.3 Å². The number of halogens is 1. The third-order valence-corrected chi connectivity index (χ3v) is 3.86. The molecule has 2 aromatic carbocycles. The Morgan fingerprint density at radius 2 is 1.71 bits per heavy atom. The minimum atomic E-state index is -1.22. The van der Waals surface area contributed by atoms with Crippen molar-refractivity contribution in [2.24, 2.45) is 0 Å². The van der Waals surface area contributed by atoms with Crippen LogP contribution in [0.25, 0.3) is 0 Å². The first-order valence-corrected chi connectivity index (χ1v) is 7.16. The van der Waals surface area contributed by atoms with E-state index in [1.165, 1.54) is 0 Å². The lowest BCUT2D eigenvalue weighted by Gasteiger charge is -2.28. The third-order valence-electron chi connectivity index (χ3n) is 3.33. The van der Waals surface area contributed by atoms with Crippen molar-refractivity contribution in [1.29, 1.82) is 0 Å². The van der Waals surface area contributed by atoms with Gasteiger partial charge in [0, 0.05) is 10.2 Å². The van der Waals surface area contributed by atoms with Crippen LogP contribution in [0.4, 0.5) is 5.69 Å². The van der Waals surface area contributed by atoms with Gasteiger partial charge < -0.3 is 15.2 Å². The van der Waals surface area contributed by atoms with E-state index in [9.17, 15) is 9.90 Å². The fraction of sp³-hybridized carbons (Fsp3) is 0.188. The number of rotatable bonds is 5. The maximum atomic E-state index is 11.7. The normalized spacial score (nSPS) is 13.3. The first-order chi connectivity index (χ1) is 9.95. The molecular weight excluding hydrogens is 334 g/mol. The van der Waals surface area contributed by atoms with Gasteiger partial charge in [-0.05, 0) is 48.9 Å². The second-order valence-electron chi connectivity index (χ2n) is 4.79. The van der Waals surface area contributed by atoms with Crippen LogP contribution >= 0.6 is 15.9 Å². The Labute approximate surface area is 131 Å². The van der Waals surface area contributed by atoms with Crippen molar-refractivity contribution in [2.75, 3.05) is 12.4 Å². The molecule has 21 heavy (non-hydrogen) atoms. The zero-order valence-electron chi connectivity index (χ0n) is 11.8. The fourth-order valence-corrected chi connectivity index (χ4v) is 2.26. The zero-order valence-corrected chi connectivity index (χ0v) is 13.3. The number of methoxy groups -OCH3 is 1. The molecule has 1 atom stereocenters. The summed E-state index contributed by atoms with van der Waals surface area (Å²) < 4.78 is 6.04. The van der Waals surface area contributed by atoms with Gasteiger partial charge in [-0.2, -0.15) is 0 Å². The maximum absolute atomic E-state index is 11.7. The van der Waals surface area contributed by atoms with Crippen molar-refractivity contribution in [3.05, 3.63) is 58.6 Å². The summed E-state index contributed by atoms with van der Waals surface area (Å²) in [4.78, 5) is 11.7. The molecule has 0 saturated carbocycles. The number of carbonyl (C=O) groups is 1. The quantitative estimate of drug-likeness (QED) is 0.860. The van der Waals surface area contributed by atoms with Crippen LogP contribution in [0, 0.1) is 0 Å². The van der Waals surface area contributed by atoms with E-state index in [0.29, 0.717) is 11.3 Å². The molecule has 1 unspecified atom stereocenters. The van der Waals surface area contributed by atoms with Crippen molar-refractivity contribution in [2.45, 2.75) is 12.5 Å². The molecule has 0 amide bonds. The summed E-state index contributed by atoms with van der Waals surface area (Å²) in [5.41, 5.74) is 0.165. The highest BCUT2D eigenvalue weighted by atomic mass is 79.9. The Balaban J connectivity index is 2.34. The summed E-state index contributed by atoms with van der Waals surface area (Å²) in [6.07, 6.45) is 0. The predicted molar refractivity (Wildman–Crippen MR) is 85.7 cm³/mol. The Morgan fingerprint density at radius 1 is 1.14 bits per heavy atom. The van der Waals surface area contributed by atoms with Gasteiger partial charge >= 0.3 is 5.97 Å². The van der Waals surface area contributed by atoms with E-state index in [-0.39, 0.29) is 0 Å².